The van der Waals surface area contributed by atoms with Crippen LogP contribution in [0.15, 0.2) is 24.3 Å². The van der Waals surface area contributed by atoms with Gasteiger partial charge in [0.1, 0.15) is 24.4 Å². The van der Waals surface area contributed by atoms with Gasteiger partial charge in [0, 0.05) is 6.42 Å². The monoisotopic (exact) mass is 796 g/mol. The van der Waals surface area contributed by atoms with Crippen molar-refractivity contribution in [3.8, 4) is 0 Å². The first-order chi connectivity index (χ1) is 27.3. The second-order valence-corrected chi connectivity index (χ2v) is 16.5. The number of ether oxygens (including phenoxy) is 2. The fraction of sp³-hybridized carbons (Fsp3) is 0.894. The molecule has 0 spiro atoms. The number of hydrogen-bond acceptors (Lipinski definition) is 8. The third-order valence-corrected chi connectivity index (χ3v) is 11.3. The number of unbranched alkanes of at least 4 members (excludes halogenated alkanes) is 27. The first-order valence-corrected chi connectivity index (χ1v) is 23.6. The molecule has 1 amide bonds. The zero-order valence-corrected chi connectivity index (χ0v) is 36.1. The summed E-state index contributed by atoms with van der Waals surface area (Å²) in [5, 5.41) is 54.1. The maximum absolute atomic E-state index is 12.9. The highest BCUT2D eigenvalue weighted by atomic mass is 16.7. The summed E-state index contributed by atoms with van der Waals surface area (Å²) in [4.78, 5) is 12.9. The van der Waals surface area contributed by atoms with Crippen molar-refractivity contribution in [2.45, 2.75) is 256 Å². The quantitative estimate of drug-likeness (QED) is 0.0266. The Kier molecular flexibility index (Phi) is 35.7. The minimum Gasteiger partial charge on any atom is -0.394 e. The van der Waals surface area contributed by atoms with Crippen LogP contribution in [0.25, 0.3) is 0 Å². The molecule has 0 radical (unpaired) electrons. The van der Waals surface area contributed by atoms with E-state index in [1.165, 1.54) is 154 Å². The number of aliphatic hydroxyl groups is 5. The molecule has 1 aliphatic rings. The Morgan fingerprint density at radius 3 is 1.45 bits per heavy atom. The first kappa shape index (κ1) is 52.7. The Morgan fingerprint density at radius 2 is 1.00 bits per heavy atom. The molecule has 0 aromatic heterocycles. The van der Waals surface area contributed by atoms with Crippen LogP contribution in [0.2, 0.25) is 0 Å². The van der Waals surface area contributed by atoms with E-state index in [9.17, 15) is 30.3 Å². The molecule has 56 heavy (non-hydrogen) atoms. The second-order valence-electron chi connectivity index (χ2n) is 16.5. The van der Waals surface area contributed by atoms with Gasteiger partial charge in [-0.25, -0.2) is 0 Å². The lowest BCUT2D eigenvalue weighted by Crippen LogP contribution is -2.60. The van der Waals surface area contributed by atoms with E-state index in [1.807, 2.05) is 6.08 Å². The topological polar surface area (TPSA) is 149 Å². The maximum atomic E-state index is 12.9. The van der Waals surface area contributed by atoms with E-state index in [4.69, 9.17) is 9.47 Å². The van der Waals surface area contributed by atoms with Crippen LogP contribution in [0.4, 0.5) is 0 Å². The third-order valence-electron chi connectivity index (χ3n) is 11.3. The average Bonchev–Trinajstić information content (AvgIpc) is 3.20. The van der Waals surface area contributed by atoms with Gasteiger partial charge in [-0.05, 0) is 44.9 Å². The molecule has 7 atom stereocenters. The third kappa shape index (κ3) is 28.2. The van der Waals surface area contributed by atoms with Crippen molar-refractivity contribution in [3.05, 3.63) is 24.3 Å². The van der Waals surface area contributed by atoms with Crippen LogP contribution < -0.4 is 5.32 Å². The second kappa shape index (κ2) is 37.9. The van der Waals surface area contributed by atoms with Gasteiger partial charge in [-0.15, -0.1) is 0 Å². The molecule has 1 heterocycles. The van der Waals surface area contributed by atoms with Crippen LogP contribution >= 0.6 is 0 Å². The molecule has 9 nitrogen and oxygen atoms in total. The summed E-state index contributed by atoms with van der Waals surface area (Å²) in [6.45, 7) is 3.76. The van der Waals surface area contributed by atoms with E-state index in [0.717, 1.165) is 38.5 Å². The molecule has 1 aliphatic heterocycles. The number of aliphatic hydroxyl groups excluding tert-OH is 5. The number of nitrogens with one attached hydrogen (secondary N) is 1. The van der Waals surface area contributed by atoms with E-state index >= 15 is 0 Å². The standard InChI is InChI=1S/C47H89NO8/c1-3-5-7-9-11-13-15-17-18-19-20-21-22-23-24-25-27-29-31-33-35-37-43(51)48-40(39-55-47-46(54)45(53)44(52)42(38-49)56-47)41(50)36-34-32-30-28-26-16-14-12-10-8-6-4-2/h19-20,34,36,40-42,44-47,49-50,52-54H,3-18,21-33,35,37-39H2,1-2H3,(H,48,51)/b20-19-,36-34+. The summed E-state index contributed by atoms with van der Waals surface area (Å²) in [6, 6.07) is -0.802. The highest BCUT2D eigenvalue weighted by Gasteiger charge is 2.44. The van der Waals surface area contributed by atoms with Crippen molar-refractivity contribution in [1.29, 1.82) is 0 Å². The smallest absolute Gasteiger partial charge is 0.220 e. The minimum absolute atomic E-state index is 0.179. The summed E-state index contributed by atoms with van der Waals surface area (Å²) in [7, 11) is 0. The molecule has 1 rings (SSSR count). The van der Waals surface area contributed by atoms with Gasteiger partial charge >= 0.3 is 0 Å². The molecule has 0 saturated carbocycles. The Labute approximate surface area is 343 Å². The predicted octanol–water partition coefficient (Wildman–Crippen LogP) is 9.89. The Hall–Kier alpha value is -1.33. The van der Waals surface area contributed by atoms with Crippen LogP contribution in [0.3, 0.4) is 0 Å². The molecule has 6 N–H and O–H groups in total. The van der Waals surface area contributed by atoms with Gasteiger partial charge in [-0.1, -0.05) is 186 Å². The van der Waals surface area contributed by atoms with Crippen LogP contribution in [0.5, 0.6) is 0 Å². The molecule has 330 valence electrons. The van der Waals surface area contributed by atoms with E-state index in [-0.39, 0.29) is 12.5 Å². The molecule has 0 aromatic rings. The Bertz CT molecular complexity index is 930. The van der Waals surface area contributed by atoms with Crippen molar-refractivity contribution in [2.75, 3.05) is 13.2 Å². The number of amides is 1. The van der Waals surface area contributed by atoms with Crippen molar-refractivity contribution in [1.82, 2.24) is 5.32 Å². The fourth-order valence-electron chi connectivity index (χ4n) is 7.44. The zero-order valence-electron chi connectivity index (χ0n) is 36.1. The van der Waals surface area contributed by atoms with Crippen LogP contribution in [-0.2, 0) is 14.3 Å². The fourth-order valence-corrected chi connectivity index (χ4v) is 7.44. The molecule has 1 saturated heterocycles. The lowest BCUT2D eigenvalue weighted by atomic mass is 9.99. The molecule has 9 heteroatoms. The summed E-state index contributed by atoms with van der Waals surface area (Å²) < 4.78 is 11.2. The molecular weight excluding hydrogens is 707 g/mol. The Balaban J connectivity index is 2.30. The first-order valence-electron chi connectivity index (χ1n) is 23.6. The highest BCUT2D eigenvalue weighted by Crippen LogP contribution is 2.23. The SMILES string of the molecule is CCCCCCCCCC/C=C\CCCCCCCCCCCC(=O)NC(COC1OC(CO)C(O)C(O)C1O)C(O)/C=C/CCCCCCCCCCCC. The van der Waals surface area contributed by atoms with Gasteiger partial charge in [0.25, 0.3) is 0 Å². The van der Waals surface area contributed by atoms with Crippen molar-refractivity contribution >= 4 is 5.91 Å². The average molecular weight is 796 g/mol. The van der Waals surface area contributed by atoms with Gasteiger partial charge in [0.05, 0.1) is 25.4 Å². The van der Waals surface area contributed by atoms with Gasteiger partial charge in [-0.3, -0.25) is 4.79 Å². The molecule has 0 aliphatic carbocycles. The molecule has 0 bridgehead atoms. The van der Waals surface area contributed by atoms with Gasteiger partial charge in [0.2, 0.25) is 5.91 Å². The molecule has 0 aromatic carbocycles. The van der Waals surface area contributed by atoms with Gasteiger partial charge in [-0.2, -0.15) is 0 Å². The highest BCUT2D eigenvalue weighted by molar-refractivity contribution is 5.76. The van der Waals surface area contributed by atoms with E-state index in [1.54, 1.807) is 6.08 Å². The summed E-state index contributed by atoms with van der Waals surface area (Å²) in [5.74, 6) is -0.179. The van der Waals surface area contributed by atoms with Crippen molar-refractivity contribution in [2.24, 2.45) is 0 Å². The normalized spacial score (nSPS) is 21.3. The number of rotatable bonds is 39. The maximum Gasteiger partial charge on any atom is 0.220 e. The van der Waals surface area contributed by atoms with Crippen molar-refractivity contribution in [3.63, 3.8) is 0 Å². The number of allylic oxidation sites excluding steroid dienone is 3. The lowest BCUT2D eigenvalue weighted by Gasteiger charge is -2.40. The number of carbonyl (C=O) groups excluding carboxylic acids is 1. The van der Waals surface area contributed by atoms with Gasteiger partial charge < -0.3 is 40.3 Å². The zero-order chi connectivity index (χ0) is 40.9. The Morgan fingerprint density at radius 1 is 0.589 bits per heavy atom. The van der Waals surface area contributed by atoms with Crippen LogP contribution in [0.1, 0.15) is 213 Å². The predicted molar refractivity (Wildman–Crippen MR) is 230 cm³/mol. The van der Waals surface area contributed by atoms with E-state index < -0.39 is 49.5 Å². The minimum atomic E-state index is -1.56. The number of carbonyl (C=O) groups is 1. The molecule has 7 unspecified atom stereocenters. The largest absolute Gasteiger partial charge is 0.394 e. The van der Waals surface area contributed by atoms with E-state index in [0.29, 0.717) is 6.42 Å². The number of hydrogen-bond donors (Lipinski definition) is 6. The van der Waals surface area contributed by atoms with Gasteiger partial charge in [0.15, 0.2) is 6.29 Å². The summed E-state index contributed by atoms with van der Waals surface area (Å²) in [6.07, 6.45) is 37.9. The summed E-state index contributed by atoms with van der Waals surface area (Å²) in [5.41, 5.74) is 0. The van der Waals surface area contributed by atoms with Crippen LogP contribution in [-0.4, -0.2) is 87.5 Å². The van der Waals surface area contributed by atoms with Crippen LogP contribution in [0, 0.1) is 0 Å². The summed E-state index contributed by atoms with van der Waals surface area (Å²) >= 11 is 0. The molecule has 1 fully saturated rings. The molecular formula is C47H89NO8. The lowest BCUT2D eigenvalue weighted by molar-refractivity contribution is -0.302. The van der Waals surface area contributed by atoms with E-state index in [2.05, 4.69) is 31.3 Å². The van der Waals surface area contributed by atoms with Crippen molar-refractivity contribution < 1.29 is 39.8 Å².